The molecule has 1 aliphatic heterocycles. The molecule has 1 aliphatic rings. The zero-order valence-electron chi connectivity index (χ0n) is 19.4. The quantitative estimate of drug-likeness (QED) is 0.126. The normalized spacial score (nSPS) is 17.1. The van der Waals surface area contributed by atoms with Crippen molar-refractivity contribution in [2.45, 2.75) is 13.0 Å². The lowest BCUT2D eigenvalue weighted by molar-refractivity contribution is -0.132. The molecule has 2 heterocycles. The number of aliphatic hydroxyl groups is 1. The fourth-order valence-corrected chi connectivity index (χ4v) is 5.55. The second kappa shape index (κ2) is 9.90. The monoisotopic (exact) mass is 612 g/mol. The molecule has 0 bridgehead atoms. The van der Waals surface area contributed by atoms with Crippen molar-refractivity contribution in [1.82, 2.24) is 4.98 Å². The molecule has 9 heteroatoms. The summed E-state index contributed by atoms with van der Waals surface area (Å²) in [5, 5.41) is 11.7. The summed E-state index contributed by atoms with van der Waals surface area (Å²) in [6, 6.07) is 18.9. The third-order valence-electron chi connectivity index (χ3n) is 5.84. The summed E-state index contributed by atoms with van der Waals surface area (Å²) in [5.74, 6) is -0.553. The van der Waals surface area contributed by atoms with E-state index in [0.717, 1.165) is 8.27 Å². The molecule has 0 radical (unpaired) electrons. The number of benzene rings is 3. The number of aromatic nitrogens is 1. The Morgan fingerprint density at radius 2 is 1.86 bits per heavy atom. The second-order valence-corrected chi connectivity index (χ2v) is 10.3. The van der Waals surface area contributed by atoms with E-state index in [-0.39, 0.29) is 11.3 Å². The Bertz CT molecular complexity index is 1510. The van der Waals surface area contributed by atoms with Crippen LogP contribution in [0.2, 0.25) is 0 Å². The number of thiazole rings is 1. The van der Waals surface area contributed by atoms with Crippen LogP contribution in [0.3, 0.4) is 0 Å². The highest BCUT2D eigenvalue weighted by Gasteiger charge is 2.48. The number of anilines is 1. The van der Waals surface area contributed by atoms with Crippen LogP contribution in [0.1, 0.15) is 24.1 Å². The summed E-state index contributed by atoms with van der Waals surface area (Å²) >= 11 is 3.49. The van der Waals surface area contributed by atoms with E-state index >= 15 is 0 Å². The number of rotatable bonds is 6. The van der Waals surface area contributed by atoms with Gasteiger partial charge in [-0.25, -0.2) is 4.98 Å². The zero-order valence-corrected chi connectivity index (χ0v) is 22.4. The van der Waals surface area contributed by atoms with Crippen LogP contribution >= 0.6 is 33.9 Å². The summed E-state index contributed by atoms with van der Waals surface area (Å²) in [6.07, 6.45) is 0. The fraction of sp³-hybridized carbons (Fsp3) is 0.148. The molecule has 0 saturated carbocycles. The number of aliphatic hydroxyl groups excluding tert-OH is 1. The first-order chi connectivity index (χ1) is 17.4. The van der Waals surface area contributed by atoms with Gasteiger partial charge in [-0.05, 0) is 77.5 Å². The molecule has 4 aromatic rings. The first-order valence-electron chi connectivity index (χ1n) is 11.2. The number of Topliss-reactive ketones (excluding diaryl/α,β-unsaturated/α-hetero) is 1. The van der Waals surface area contributed by atoms with E-state index in [1.165, 1.54) is 23.3 Å². The number of halogens is 1. The van der Waals surface area contributed by atoms with Gasteiger partial charge in [0.1, 0.15) is 17.3 Å². The van der Waals surface area contributed by atoms with E-state index in [4.69, 9.17) is 9.47 Å². The Kier molecular flexibility index (Phi) is 6.67. The molecule has 3 aromatic carbocycles. The minimum atomic E-state index is -0.847. The minimum Gasteiger partial charge on any atom is -0.507 e. The Balaban J connectivity index is 1.69. The van der Waals surface area contributed by atoms with Crippen molar-refractivity contribution in [2.75, 3.05) is 18.6 Å². The number of methoxy groups -OCH3 is 1. The van der Waals surface area contributed by atoms with Crippen LogP contribution in [-0.4, -0.2) is 35.5 Å². The maximum absolute atomic E-state index is 13.4. The van der Waals surface area contributed by atoms with E-state index in [1.807, 2.05) is 49.4 Å². The van der Waals surface area contributed by atoms with Gasteiger partial charge in [0.25, 0.3) is 5.78 Å². The first kappa shape index (κ1) is 24.3. The number of nitrogens with zero attached hydrogens (tertiary/aromatic N) is 2. The highest BCUT2D eigenvalue weighted by Crippen LogP contribution is 2.44. The van der Waals surface area contributed by atoms with Gasteiger partial charge in [0.15, 0.2) is 5.13 Å². The maximum atomic E-state index is 13.4. The van der Waals surface area contributed by atoms with Gasteiger partial charge in [-0.3, -0.25) is 14.5 Å². The molecular weight excluding hydrogens is 591 g/mol. The Labute approximate surface area is 225 Å². The smallest absolute Gasteiger partial charge is 0.301 e. The molecule has 1 fully saturated rings. The van der Waals surface area contributed by atoms with Gasteiger partial charge in [0, 0.05) is 9.13 Å². The van der Waals surface area contributed by atoms with Gasteiger partial charge in [-0.2, -0.15) is 0 Å². The van der Waals surface area contributed by atoms with Gasteiger partial charge >= 0.3 is 5.91 Å². The van der Waals surface area contributed by atoms with Crippen molar-refractivity contribution >= 4 is 66.7 Å². The first-order valence-corrected chi connectivity index (χ1v) is 13.0. The lowest BCUT2D eigenvalue weighted by Gasteiger charge is -2.23. The molecule has 182 valence electrons. The summed E-state index contributed by atoms with van der Waals surface area (Å²) in [7, 11) is 1.52. The van der Waals surface area contributed by atoms with Crippen LogP contribution in [0.15, 0.2) is 72.3 Å². The van der Waals surface area contributed by atoms with Crippen molar-refractivity contribution in [1.29, 1.82) is 0 Å². The molecule has 7 nitrogen and oxygen atoms in total. The summed E-state index contributed by atoms with van der Waals surface area (Å²) in [5.41, 5.74) is 1.76. The van der Waals surface area contributed by atoms with Gasteiger partial charge in [0.05, 0.1) is 35.5 Å². The lowest BCUT2D eigenvalue weighted by Crippen LogP contribution is -2.29. The number of carbonyl (C=O) groups excluding carboxylic acids is 2. The van der Waals surface area contributed by atoms with E-state index in [1.54, 1.807) is 24.3 Å². The van der Waals surface area contributed by atoms with Crippen LogP contribution in [0.4, 0.5) is 5.13 Å². The van der Waals surface area contributed by atoms with Crippen molar-refractivity contribution in [3.63, 3.8) is 0 Å². The average molecular weight is 612 g/mol. The fourth-order valence-electron chi connectivity index (χ4n) is 4.17. The number of fused-ring (bicyclic) bond motifs is 1. The lowest BCUT2D eigenvalue weighted by atomic mass is 9.95. The molecule has 36 heavy (non-hydrogen) atoms. The predicted octanol–water partition coefficient (Wildman–Crippen LogP) is 5.93. The topological polar surface area (TPSA) is 89.0 Å². The standard InChI is InChI=1S/C27H21IN2O5S/c1-3-35-19-11-12-20-21(14-19)36-27(29-20)30-23(15-7-9-17(28)10-8-15)22(25(32)26(30)33)24(31)16-5-4-6-18(13-16)34-2/h4-14,23,31H,3H2,1-2H3. The van der Waals surface area contributed by atoms with Crippen LogP contribution in [0.5, 0.6) is 11.5 Å². The third-order valence-corrected chi connectivity index (χ3v) is 7.58. The summed E-state index contributed by atoms with van der Waals surface area (Å²) in [4.78, 5) is 32.8. The SMILES string of the molecule is CCOc1ccc2nc(N3C(=O)C(=O)C(=C(O)c4cccc(OC)c4)C3c3ccc(I)cc3)sc2c1. The van der Waals surface area contributed by atoms with E-state index in [9.17, 15) is 14.7 Å². The number of carbonyl (C=O) groups is 2. The van der Waals surface area contributed by atoms with Crippen molar-refractivity contribution < 1.29 is 24.2 Å². The van der Waals surface area contributed by atoms with Crippen molar-refractivity contribution in [2.24, 2.45) is 0 Å². The van der Waals surface area contributed by atoms with E-state index in [2.05, 4.69) is 27.6 Å². The van der Waals surface area contributed by atoms with Gasteiger partial charge in [0.2, 0.25) is 0 Å². The van der Waals surface area contributed by atoms with Gasteiger partial charge < -0.3 is 14.6 Å². The van der Waals surface area contributed by atoms with Crippen molar-refractivity contribution in [3.8, 4) is 11.5 Å². The molecule has 1 amide bonds. The number of amides is 1. The Hall–Kier alpha value is -3.44. The molecule has 1 aromatic heterocycles. The van der Waals surface area contributed by atoms with Gasteiger partial charge in [-0.15, -0.1) is 0 Å². The number of ether oxygens (including phenoxy) is 2. The molecule has 5 rings (SSSR count). The van der Waals surface area contributed by atoms with Gasteiger partial charge in [-0.1, -0.05) is 35.6 Å². The van der Waals surface area contributed by atoms with Crippen LogP contribution in [0, 0.1) is 3.57 Å². The largest absolute Gasteiger partial charge is 0.507 e. The molecule has 0 aliphatic carbocycles. The Morgan fingerprint density at radius 3 is 2.58 bits per heavy atom. The number of hydrogen-bond donors (Lipinski definition) is 1. The maximum Gasteiger partial charge on any atom is 0.301 e. The molecule has 1 atom stereocenters. The van der Waals surface area contributed by atoms with Crippen LogP contribution in [0.25, 0.3) is 16.0 Å². The van der Waals surface area contributed by atoms with E-state index < -0.39 is 17.7 Å². The number of hydrogen-bond acceptors (Lipinski definition) is 7. The van der Waals surface area contributed by atoms with Crippen molar-refractivity contribution in [3.05, 3.63) is 87.0 Å². The summed E-state index contributed by atoms with van der Waals surface area (Å²) in [6.45, 7) is 2.44. The highest BCUT2D eigenvalue weighted by atomic mass is 127. The molecule has 1 unspecified atom stereocenters. The molecule has 0 spiro atoms. The van der Waals surface area contributed by atoms with Crippen LogP contribution in [-0.2, 0) is 9.59 Å². The predicted molar refractivity (Wildman–Crippen MR) is 148 cm³/mol. The van der Waals surface area contributed by atoms with Crippen LogP contribution < -0.4 is 14.4 Å². The minimum absolute atomic E-state index is 0.00345. The number of ketones is 1. The average Bonchev–Trinajstić information content (AvgIpc) is 3.42. The zero-order chi connectivity index (χ0) is 25.4. The summed E-state index contributed by atoms with van der Waals surface area (Å²) < 4.78 is 12.7. The highest BCUT2D eigenvalue weighted by molar-refractivity contribution is 14.1. The molecule has 1 saturated heterocycles. The van der Waals surface area contributed by atoms with E-state index in [0.29, 0.717) is 39.9 Å². The Morgan fingerprint density at radius 1 is 1.08 bits per heavy atom. The molecule has 1 N–H and O–H groups in total. The third kappa shape index (κ3) is 4.33. The molecular formula is C27H21IN2O5S. The second-order valence-electron chi connectivity index (χ2n) is 8.01.